The van der Waals surface area contributed by atoms with E-state index in [-0.39, 0.29) is 17.5 Å². The van der Waals surface area contributed by atoms with E-state index in [1.807, 2.05) is 4.98 Å². The van der Waals surface area contributed by atoms with Crippen molar-refractivity contribution < 1.29 is 65.7 Å². The van der Waals surface area contributed by atoms with Crippen molar-refractivity contribution in [2.24, 2.45) is 0 Å². The lowest BCUT2D eigenvalue weighted by Gasteiger charge is -2.23. The summed E-state index contributed by atoms with van der Waals surface area (Å²) >= 11 is 0. The Balaban J connectivity index is 1.47. The molecule has 45 heavy (non-hydrogen) atoms. The first-order valence-electron chi connectivity index (χ1n) is 12.8. The van der Waals surface area contributed by atoms with Gasteiger partial charge in [-0.05, 0) is 13.8 Å². The van der Waals surface area contributed by atoms with E-state index >= 15 is 0 Å². The fourth-order valence-corrected chi connectivity index (χ4v) is 7.02. The van der Waals surface area contributed by atoms with Gasteiger partial charge in [0, 0.05) is 36.4 Å². The second-order valence-corrected chi connectivity index (χ2v) is 14.2. The van der Waals surface area contributed by atoms with Gasteiger partial charge in [-0.1, -0.05) is 0 Å². The molecule has 4 rings (SSSR count). The SMILES string of the molecule is Cc1cn([C@H]2C[C@H](OP(=O)(O)OC[C@H]3O[C@@H](n4cc(C)c(=O)[nH]c4=O)C[C@@H]3O)[C@@H](COP(=O)(O)OP(=O)(O)O)O2)c(=O)[nH]c1=O. The molecule has 8 atom stereocenters. The molecule has 2 fully saturated rings. The zero-order chi connectivity index (χ0) is 33.5. The number of ether oxygens (including phenoxy) is 2. The molecule has 0 saturated carbocycles. The van der Waals surface area contributed by atoms with Crippen molar-refractivity contribution in [1.29, 1.82) is 0 Å². The van der Waals surface area contributed by atoms with Crippen molar-refractivity contribution >= 4 is 23.5 Å². The van der Waals surface area contributed by atoms with E-state index in [2.05, 4.69) is 13.8 Å². The fourth-order valence-electron chi connectivity index (χ4n) is 4.46. The van der Waals surface area contributed by atoms with Gasteiger partial charge in [-0.25, -0.2) is 23.3 Å². The molecular formula is C20H29N4O18P3. The zero-order valence-corrected chi connectivity index (χ0v) is 25.9. The molecule has 2 aliphatic rings. The first-order valence-corrected chi connectivity index (χ1v) is 17.3. The molecule has 2 unspecified atom stereocenters. The Labute approximate surface area is 250 Å². The molecule has 2 aromatic rings. The van der Waals surface area contributed by atoms with Gasteiger partial charge in [0.05, 0.1) is 19.3 Å². The molecule has 0 aromatic carbocycles. The molecule has 7 N–H and O–H groups in total. The predicted molar refractivity (Wildman–Crippen MR) is 145 cm³/mol. The molecule has 2 saturated heterocycles. The first kappa shape index (κ1) is 35.5. The average molecular weight is 706 g/mol. The van der Waals surface area contributed by atoms with E-state index in [0.717, 1.165) is 15.3 Å². The van der Waals surface area contributed by atoms with E-state index in [1.54, 1.807) is 0 Å². The Kier molecular flexibility index (Phi) is 10.5. The number of aliphatic hydroxyl groups is 1. The first-order chi connectivity index (χ1) is 20.7. The van der Waals surface area contributed by atoms with Gasteiger partial charge in [0.1, 0.15) is 30.8 Å². The summed E-state index contributed by atoms with van der Waals surface area (Å²) in [6.07, 6.45) is -6.28. The highest BCUT2D eigenvalue weighted by Gasteiger charge is 2.45. The number of H-pyrrole nitrogens is 2. The minimum Gasteiger partial charge on any atom is -0.390 e. The summed E-state index contributed by atoms with van der Waals surface area (Å²) in [5.74, 6) is 0. The van der Waals surface area contributed by atoms with Gasteiger partial charge in [0.2, 0.25) is 0 Å². The Morgan fingerprint density at radius 2 is 1.27 bits per heavy atom. The predicted octanol–water partition coefficient (Wildman–Crippen LogP) is -1.63. The van der Waals surface area contributed by atoms with Crippen molar-refractivity contribution in [3.05, 3.63) is 65.2 Å². The number of nitrogens with zero attached hydrogens (tertiary/aromatic N) is 2. The Morgan fingerprint density at radius 3 is 1.80 bits per heavy atom. The maximum atomic E-state index is 12.9. The maximum Gasteiger partial charge on any atom is 0.481 e. The average Bonchev–Trinajstić information content (AvgIpc) is 3.46. The normalized spacial score (nSPS) is 28.2. The van der Waals surface area contributed by atoms with Gasteiger partial charge in [0.25, 0.3) is 11.1 Å². The van der Waals surface area contributed by atoms with Crippen LogP contribution in [0, 0.1) is 13.8 Å². The molecule has 2 aliphatic heterocycles. The molecule has 22 nitrogen and oxygen atoms in total. The highest BCUT2D eigenvalue weighted by molar-refractivity contribution is 7.60. The van der Waals surface area contributed by atoms with Crippen molar-refractivity contribution in [3.8, 4) is 0 Å². The number of aliphatic hydroxyl groups excluding tert-OH is 1. The van der Waals surface area contributed by atoms with Crippen molar-refractivity contribution in [1.82, 2.24) is 19.1 Å². The summed E-state index contributed by atoms with van der Waals surface area (Å²) < 4.78 is 67.3. The smallest absolute Gasteiger partial charge is 0.390 e. The topological polar surface area (TPSA) is 317 Å². The third kappa shape index (κ3) is 9.12. The third-order valence-electron chi connectivity index (χ3n) is 6.58. The second kappa shape index (κ2) is 13.4. The van der Waals surface area contributed by atoms with Gasteiger partial charge in [0.15, 0.2) is 0 Å². The van der Waals surface area contributed by atoms with Crippen LogP contribution in [-0.2, 0) is 41.1 Å². The Bertz CT molecular complexity index is 1800. The van der Waals surface area contributed by atoms with Crippen LogP contribution in [0.5, 0.6) is 0 Å². The summed E-state index contributed by atoms with van der Waals surface area (Å²) in [7, 11) is -16.0. The standard InChI is InChI=1S/C20H29N4O18P3/c1-9-5-23(19(28)21-17(9)26)15-3-11(25)13(39-15)7-37-44(33,34)41-12-4-16(24-6-10(2)18(27)22-20(24)29)40-14(12)8-38-45(35,36)42-43(30,31)32/h5-6,11-16,25H,3-4,7-8H2,1-2H3,(H,33,34)(H,35,36)(H,21,26,28)(H,22,27,29)(H2,30,31,32)/t11-,12-,13+,14+,15+,16+/m0/s1. The summed E-state index contributed by atoms with van der Waals surface area (Å²) in [6.45, 7) is 1.04. The second-order valence-electron chi connectivity index (χ2n) is 10.00. The van der Waals surface area contributed by atoms with Crippen LogP contribution in [0.25, 0.3) is 0 Å². The van der Waals surface area contributed by atoms with Crippen LogP contribution >= 0.6 is 23.5 Å². The molecule has 0 spiro atoms. The summed E-state index contributed by atoms with van der Waals surface area (Å²) in [6, 6.07) is 0. The van der Waals surface area contributed by atoms with E-state index in [4.69, 9.17) is 28.3 Å². The van der Waals surface area contributed by atoms with Crippen molar-refractivity contribution in [3.63, 3.8) is 0 Å². The molecule has 252 valence electrons. The number of rotatable bonds is 12. The minimum atomic E-state index is -5.49. The minimum absolute atomic E-state index is 0.0779. The van der Waals surface area contributed by atoms with E-state index in [1.165, 1.54) is 20.0 Å². The Hall–Kier alpha value is -2.39. The largest absolute Gasteiger partial charge is 0.481 e. The van der Waals surface area contributed by atoms with Crippen molar-refractivity contribution in [2.45, 2.75) is 63.6 Å². The van der Waals surface area contributed by atoms with Gasteiger partial charge < -0.3 is 34.2 Å². The summed E-state index contributed by atoms with van der Waals surface area (Å²) in [4.78, 5) is 89.8. The number of aromatic amines is 2. The van der Waals surface area contributed by atoms with Gasteiger partial charge in [-0.2, -0.15) is 4.31 Å². The highest BCUT2D eigenvalue weighted by atomic mass is 31.3. The van der Waals surface area contributed by atoms with Crippen LogP contribution in [0.4, 0.5) is 0 Å². The fraction of sp³-hybridized carbons (Fsp3) is 0.600. The summed E-state index contributed by atoms with van der Waals surface area (Å²) in [5.41, 5.74) is -2.83. The lowest BCUT2D eigenvalue weighted by molar-refractivity contribution is -0.0570. The summed E-state index contributed by atoms with van der Waals surface area (Å²) in [5, 5.41) is 10.4. The van der Waals surface area contributed by atoms with Gasteiger partial charge >= 0.3 is 34.8 Å². The van der Waals surface area contributed by atoms with Crippen LogP contribution in [0.1, 0.15) is 36.4 Å². The lowest BCUT2D eigenvalue weighted by Crippen LogP contribution is -2.33. The lowest BCUT2D eigenvalue weighted by atomic mass is 10.2. The number of hydrogen-bond donors (Lipinski definition) is 7. The number of aromatic nitrogens is 4. The van der Waals surface area contributed by atoms with Gasteiger partial charge in [-0.15, -0.1) is 0 Å². The number of phosphoric ester groups is 2. The monoisotopic (exact) mass is 706 g/mol. The third-order valence-corrected chi connectivity index (χ3v) is 9.74. The van der Waals surface area contributed by atoms with Crippen LogP contribution < -0.4 is 22.5 Å². The van der Waals surface area contributed by atoms with E-state index < -0.39 is 102 Å². The van der Waals surface area contributed by atoms with E-state index in [9.17, 15) is 47.8 Å². The quantitative estimate of drug-likeness (QED) is 0.122. The number of hydrogen-bond acceptors (Lipinski definition) is 14. The Morgan fingerprint density at radius 1 is 0.800 bits per heavy atom. The number of nitrogens with one attached hydrogen (secondary N) is 2. The zero-order valence-electron chi connectivity index (χ0n) is 23.2. The van der Waals surface area contributed by atoms with Crippen LogP contribution in [0.15, 0.2) is 31.6 Å². The molecule has 0 radical (unpaired) electrons. The molecule has 4 heterocycles. The molecule has 0 aliphatic carbocycles. The number of phosphoric acid groups is 3. The molecular weight excluding hydrogens is 677 g/mol. The van der Waals surface area contributed by atoms with E-state index in [0.29, 0.717) is 0 Å². The number of aryl methyl sites for hydroxylation is 2. The molecule has 0 amide bonds. The highest BCUT2D eigenvalue weighted by Crippen LogP contribution is 2.58. The molecule has 2 aromatic heterocycles. The van der Waals surface area contributed by atoms with Crippen LogP contribution in [-0.4, -0.2) is 81.4 Å². The molecule has 25 heteroatoms. The van der Waals surface area contributed by atoms with Crippen molar-refractivity contribution in [2.75, 3.05) is 13.2 Å². The van der Waals surface area contributed by atoms with Crippen LogP contribution in [0.2, 0.25) is 0 Å². The molecule has 0 bridgehead atoms. The maximum absolute atomic E-state index is 12.9. The van der Waals surface area contributed by atoms with Crippen LogP contribution in [0.3, 0.4) is 0 Å². The van der Waals surface area contributed by atoms with Gasteiger partial charge in [-0.3, -0.25) is 42.3 Å².